The Morgan fingerprint density at radius 1 is 0.950 bits per heavy atom. The maximum Gasteiger partial charge on any atom is 0.0664 e. The van der Waals surface area contributed by atoms with Crippen molar-refractivity contribution in [1.82, 2.24) is 0 Å². The number of hydrogen-bond donors (Lipinski definition) is 0. The van der Waals surface area contributed by atoms with E-state index in [-0.39, 0.29) is 10.8 Å². The van der Waals surface area contributed by atoms with Gasteiger partial charge >= 0.3 is 0 Å². The van der Waals surface area contributed by atoms with Crippen LogP contribution in [-0.2, 0) is 11.8 Å². The van der Waals surface area contributed by atoms with Crippen LogP contribution in [0.15, 0.2) is 23.2 Å². The number of hydrogen-bond acceptors (Lipinski definition) is 1. The lowest BCUT2D eigenvalue weighted by atomic mass is 9.75. The Morgan fingerprint density at radius 2 is 1.60 bits per heavy atom. The van der Waals surface area contributed by atoms with Gasteiger partial charge in [-0.3, -0.25) is 4.99 Å². The second kappa shape index (κ2) is 5.35. The van der Waals surface area contributed by atoms with Crippen LogP contribution in [0.4, 0.5) is 5.69 Å². The molecule has 20 heavy (non-hydrogen) atoms. The van der Waals surface area contributed by atoms with Crippen LogP contribution in [0.25, 0.3) is 0 Å². The van der Waals surface area contributed by atoms with Crippen LogP contribution in [0, 0.1) is 5.41 Å². The van der Waals surface area contributed by atoms with Crippen molar-refractivity contribution in [3.63, 3.8) is 0 Å². The highest BCUT2D eigenvalue weighted by Crippen LogP contribution is 2.39. The molecule has 0 amide bonds. The van der Waals surface area contributed by atoms with E-state index in [2.05, 4.69) is 59.7 Å². The van der Waals surface area contributed by atoms with E-state index in [1.165, 1.54) is 28.9 Å². The van der Waals surface area contributed by atoms with Gasteiger partial charge in [0.25, 0.3) is 0 Å². The Hall–Kier alpha value is -1.11. The number of nitrogens with zero attached hydrogens (tertiary/aromatic N) is 1. The Labute approximate surface area is 124 Å². The fourth-order valence-electron chi connectivity index (χ4n) is 2.91. The fourth-order valence-corrected chi connectivity index (χ4v) is 2.91. The lowest BCUT2D eigenvalue weighted by Crippen LogP contribution is -2.27. The maximum absolute atomic E-state index is 5.01. The summed E-state index contributed by atoms with van der Waals surface area (Å²) >= 11 is 0. The van der Waals surface area contributed by atoms with Crippen LogP contribution < -0.4 is 0 Å². The van der Waals surface area contributed by atoms with Gasteiger partial charge in [0.05, 0.1) is 5.69 Å². The van der Waals surface area contributed by atoms with E-state index in [9.17, 15) is 0 Å². The van der Waals surface area contributed by atoms with Crippen LogP contribution in [0.5, 0.6) is 0 Å². The van der Waals surface area contributed by atoms with Gasteiger partial charge in [0, 0.05) is 11.1 Å². The molecule has 0 spiro atoms. The SMILES string of the molecule is CCC(C)(C)C1=Nc2cccc(C(C)(C)CC)c2CC1. The Morgan fingerprint density at radius 3 is 2.20 bits per heavy atom. The van der Waals surface area contributed by atoms with Crippen LogP contribution >= 0.6 is 0 Å². The van der Waals surface area contributed by atoms with Gasteiger partial charge in [0.1, 0.15) is 0 Å². The molecular formula is C19H29N. The largest absolute Gasteiger partial charge is 0.257 e. The smallest absolute Gasteiger partial charge is 0.0664 e. The molecule has 0 saturated carbocycles. The molecule has 0 aliphatic carbocycles. The summed E-state index contributed by atoms with van der Waals surface area (Å²) in [5.74, 6) is 0. The van der Waals surface area contributed by atoms with Crippen molar-refractivity contribution in [2.24, 2.45) is 10.4 Å². The molecule has 1 aliphatic rings. The molecule has 110 valence electrons. The van der Waals surface area contributed by atoms with E-state index in [0.717, 1.165) is 19.3 Å². The zero-order chi connectivity index (χ0) is 15.0. The quantitative estimate of drug-likeness (QED) is 0.653. The summed E-state index contributed by atoms with van der Waals surface area (Å²) in [5, 5.41) is 0. The minimum atomic E-state index is 0.230. The topological polar surface area (TPSA) is 12.4 Å². The van der Waals surface area contributed by atoms with E-state index < -0.39 is 0 Å². The van der Waals surface area contributed by atoms with Gasteiger partial charge in [0.2, 0.25) is 0 Å². The van der Waals surface area contributed by atoms with E-state index in [0.29, 0.717) is 0 Å². The molecule has 0 bridgehead atoms. The molecule has 1 heteroatoms. The highest BCUT2D eigenvalue weighted by atomic mass is 14.8. The lowest BCUT2D eigenvalue weighted by molar-refractivity contribution is 0.486. The van der Waals surface area contributed by atoms with Gasteiger partial charge in [0.15, 0.2) is 0 Å². The second-order valence-corrected chi connectivity index (χ2v) is 7.34. The van der Waals surface area contributed by atoms with Gasteiger partial charge in [-0.05, 0) is 48.3 Å². The zero-order valence-corrected chi connectivity index (χ0v) is 14.0. The van der Waals surface area contributed by atoms with Crippen LogP contribution in [0.1, 0.15) is 71.9 Å². The third-order valence-electron chi connectivity index (χ3n) is 5.30. The van der Waals surface area contributed by atoms with Crippen LogP contribution in [-0.4, -0.2) is 5.71 Å². The van der Waals surface area contributed by atoms with Crippen molar-refractivity contribution < 1.29 is 0 Å². The molecule has 0 saturated heterocycles. The molecule has 0 radical (unpaired) electrons. The first-order chi connectivity index (χ1) is 9.31. The molecule has 1 aliphatic heterocycles. The Balaban J connectivity index is 2.48. The average molecular weight is 271 g/mol. The minimum Gasteiger partial charge on any atom is -0.257 e. The Kier molecular flexibility index (Phi) is 4.09. The molecule has 0 N–H and O–H groups in total. The molecule has 0 fully saturated rings. The third kappa shape index (κ3) is 2.68. The third-order valence-corrected chi connectivity index (χ3v) is 5.30. The van der Waals surface area contributed by atoms with Crippen molar-refractivity contribution in [2.75, 3.05) is 0 Å². The molecule has 2 rings (SSSR count). The summed E-state index contributed by atoms with van der Waals surface area (Å²) in [7, 11) is 0. The highest BCUT2D eigenvalue weighted by Gasteiger charge is 2.29. The number of aliphatic imine (C=N–C) groups is 1. The van der Waals surface area contributed by atoms with Crippen molar-refractivity contribution in [3.8, 4) is 0 Å². The molecular weight excluding hydrogens is 242 g/mol. The molecule has 0 aromatic heterocycles. The van der Waals surface area contributed by atoms with Gasteiger partial charge < -0.3 is 0 Å². The summed E-state index contributed by atoms with van der Waals surface area (Å²) < 4.78 is 0. The number of rotatable bonds is 4. The van der Waals surface area contributed by atoms with Crippen molar-refractivity contribution in [2.45, 2.75) is 72.6 Å². The van der Waals surface area contributed by atoms with Crippen molar-refractivity contribution >= 4 is 11.4 Å². The second-order valence-electron chi connectivity index (χ2n) is 7.34. The predicted octanol–water partition coefficient (Wildman–Crippen LogP) is 5.83. The summed E-state index contributed by atoms with van der Waals surface area (Å²) in [6.07, 6.45) is 4.59. The molecule has 1 aromatic carbocycles. The van der Waals surface area contributed by atoms with Crippen LogP contribution in [0.3, 0.4) is 0 Å². The number of benzene rings is 1. The van der Waals surface area contributed by atoms with E-state index in [4.69, 9.17) is 4.99 Å². The summed E-state index contributed by atoms with van der Waals surface area (Å²) in [4.78, 5) is 5.01. The van der Waals surface area contributed by atoms with Crippen molar-refractivity contribution in [1.29, 1.82) is 0 Å². The van der Waals surface area contributed by atoms with Crippen molar-refractivity contribution in [3.05, 3.63) is 29.3 Å². The highest BCUT2D eigenvalue weighted by molar-refractivity contribution is 5.93. The first-order valence-electron chi connectivity index (χ1n) is 8.02. The van der Waals surface area contributed by atoms with Gasteiger partial charge in [-0.25, -0.2) is 0 Å². The minimum absolute atomic E-state index is 0.230. The summed E-state index contributed by atoms with van der Waals surface area (Å²) in [5.41, 5.74) is 6.04. The average Bonchev–Trinajstić information content (AvgIpc) is 2.45. The first-order valence-corrected chi connectivity index (χ1v) is 8.02. The molecule has 1 heterocycles. The lowest BCUT2D eigenvalue weighted by Gasteiger charge is -2.32. The molecule has 1 aromatic rings. The van der Waals surface area contributed by atoms with Gasteiger partial charge in [-0.15, -0.1) is 0 Å². The van der Waals surface area contributed by atoms with E-state index in [1.54, 1.807) is 0 Å². The molecule has 0 unspecified atom stereocenters. The van der Waals surface area contributed by atoms with Gasteiger partial charge in [-0.2, -0.15) is 0 Å². The summed E-state index contributed by atoms with van der Waals surface area (Å²) in [6, 6.07) is 6.67. The monoisotopic (exact) mass is 271 g/mol. The fraction of sp³-hybridized carbons (Fsp3) is 0.632. The number of fused-ring (bicyclic) bond motifs is 1. The van der Waals surface area contributed by atoms with E-state index >= 15 is 0 Å². The Bertz CT molecular complexity index is 521. The predicted molar refractivity (Wildman–Crippen MR) is 89.2 cm³/mol. The normalized spacial score (nSPS) is 15.8. The first kappa shape index (κ1) is 15.3. The standard InChI is InChI=1S/C19H29N/c1-7-18(3,4)15-10-9-11-16-14(15)12-13-17(20-16)19(5,6)8-2/h9-11H,7-8,12-13H2,1-6H3. The maximum atomic E-state index is 5.01. The molecule has 0 atom stereocenters. The van der Waals surface area contributed by atoms with Crippen LogP contribution in [0.2, 0.25) is 0 Å². The van der Waals surface area contributed by atoms with Gasteiger partial charge in [-0.1, -0.05) is 53.7 Å². The van der Waals surface area contributed by atoms with E-state index in [1.807, 2.05) is 0 Å². The summed E-state index contributed by atoms with van der Waals surface area (Å²) in [6.45, 7) is 13.9. The molecule has 1 nitrogen and oxygen atoms in total. The zero-order valence-electron chi connectivity index (χ0n) is 14.0.